The highest BCUT2D eigenvalue weighted by molar-refractivity contribution is 5.75. The number of ether oxygens (including phenoxy) is 1. The molecule has 0 amide bonds. The fourth-order valence-corrected chi connectivity index (χ4v) is 1.80. The van der Waals surface area contributed by atoms with Crippen LogP contribution in [0.3, 0.4) is 0 Å². The SMILES string of the molecule is COc1cccc(-n2nnc3ccccc32)c1. The van der Waals surface area contributed by atoms with E-state index in [0.29, 0.717) is 0 Å². The lowest BCUT2D eigenvalue weighted by atomic mass is 10.2. The molecular formula is C13H11N3O. The van der Waals surface area contributed by atoms with Crippen LogP contribution in [0.1, 0.15) is 0 Å². The summed E-state index contributed by atoms with van der Waals surface area (Å²) in [5.74, 6) is 0.807. The number of hydrogen-bond acceptors (Lipinski definition) is 3. The molecule has 1 aromatic heterocycles. The van der Waals surface area contributed by atoms with E-state index in [1.165, 1.54) is 0 Å². The van der Waals surface area contributed by atoms with Gasteiger partial charge in [-0.2, -0.15) is 0 Å². The van der Waals surface area contributed by atoms with E-state index in [2.05, 4.69) is 10.3 Å². The first-order valence-corrected chi connectivity index (χ1v) is 5.33. The van der Waals surface area contributed by atoms with Crippen LogP contribution in [0.5, 0.6) is 5.75 Å². The monoisotopic (exact) mass is 225 g/mol. The Hall–Kier alpha value is -2.36. The van der Waals surface area contributed by atoms with Crippen LogP contribution in [0, 0.1) is 0 Å². The van der Waals surface area contributed by atoms with E-state index in [-0.39, 0.29) is 0 Å². The minimum atomic E-state index is 0.807. The van der Waals surface area contributed by atoms with E-state index >= 15 is 0 Å². The summed E-state index contributed by atoms with van der Waals surface area (Å²) in [4.78, 5) is 0. The summed E-state index contributed by atoms with van der Waals surface area (Å²) in [6.07, 6.45) is 0. The molecule has 0 saturated heterocycles. The molecule has 0 bridgehead atoms. The minimum absolute atomic E-state index is 0.807. The van der Waals surface area contributed by atoms with Gasteiger partial charge >= 0.3 is 0 Å². The van der Waals surface area contributed by atoms with Crippen LogP contribution in [0.15, 0.2) is 48.5 Å². The van der Waals surface area contributed by atoms with Gasteiger partial charge in [0, 0.05) is 6.07 Å². The Labute approximate surface area is 98.4 Å². The second-order valence-electron chi connectivity index (χ2n) is 3.69. The van der Waals surface area contributed by atoms with Gasteiger partial charge in [-0.05, 0) is 24.3 Å². The number of fused-ring (bicyclic) bond motifs is 1. The van der Waals surface area contributed by atoms with E-state index in [4.69, 9.17) is 4.74 Å². The van der Waals surface area contributed by atoms with Gasteiger partial charge in [-0.25, -0.2) is 4.68 Å². The van der Waals surface area contributed by atoms with Gasteiger partial charge in [0.15, 0.2) is 0 Å². The van der Waals surface area contributed by atoms with E-state index in [9.17, 15) is 0 Å². The molecule has 0 aliphatic carbocycles. The van der Waals surface area contributed by atoms with E-state index in [0.717, 1.165) is 22.5 Å². The summed E-state index contributed by atoms with van der Waals surface area (Å²) in [7, 11) is 1.65. The first kappa shape index (κ1) is 9.84. The number of hydrogen-bond donors (Lipinski definition) is 0. The lowest BCUT2D eigenvalue weighted by molar-refractivity contribution is 0.414. The minimum Gasteiger partial charge on any atom is -0.497 e. The molecule has 0 atom stereocenters. The molecule has 84 valence electrons. The normalized spacial score (nSPS) is 10.6. The topological polar surface area (TPSA) is 39.9 Å². The van der Waals surface area contributed by atoms with Crippen molar-refractivity contribution in [3.63, 3.8) is 0 Å². The molecule has 4 heteroatoms. The number of aromatic nitrogens is 3. The molecule has 0 unspecified atom stereocenters. The average molecular weight is 225 g/mol. The van der Waals surface area contributed by atoms with Crippen molar-refractivity contribution in [2.24, 2.45) is 0 Å². The molecule has 0 saturated carbocycles. The van der Waals surface area contributed by atoms with Crippen LogP contribution in [-0.2, 0) is 0 Å². The molecule has 2 aromatic carbocycles. The van der Waals surface area contributed by atoms with Gasteiger partial charge in [-0.15, -0.1) is 5.10 Å². The Morgan fingerprint density at radius 3 is 2.82 bits per heavy atom. The third-order valence-electron chi connectivity index (χ3n) is 2.65. The molecule has 0 spiro atoms. The lowest BCUT2D eigenvalue weighted by Gasteiger charge is -2.04. The Balaban J connectivity index is 2.20. The molecule has 0 aliphatic heterocycles. The largest absolute Gasteiger partial charge is 0.497 e. The van der Waals surface area contributed by atoms with Crippen LogP contribution in [0.25, 0.3) is 16.7 Å². The van der Waals surface area contributed by atoms with Crippen LogP contribution in [0.4, 0.5) is 0 Å². The van der Waals surface area contributed by atoms with Crippen molar-refractivity contribution in [3.8, 4) is 11.4 Å². The molecule has 3 aromatic rings. The van der Waals surface area contributed by atoms with Crippen LogP contribution in [0.2, 0.25) is 0 Å². The fourth-order valence-electron chi connectivity index (χ4n) is 1.80. The number of para-hydroxylation sites is 1. The molecule has 0 radical (unpaired) electrons. The van der Waals surface area contributed by atoms with Crippen LogP contribution < -0.4 is 4.74 Å². The predicted molar refractivity (Wildman–Crippen MR) is 65.4 cm³/mol. The maximum absolute atomic E-state index is 5.20. The molecule has 17 heavy (non-hydrogen) atoms. The summed E-state index contributed by atoms with van der Waals surface area (Å²) in [6.45, 7) is 0. The van der Waals surface area contributed by atoms with Crippen molar-refractivity contribution in [3.05, 3.63) is 48.5 Å². The van der Waals surface area contributed by atoms with Crippen molar-refractivity contribution in [2.75, 3.05) is 7.11 Å². The summed E-state index contributed by atoms with van der Waals surface area (Å²) >= 11 is 0. The zero-order chi connectivity index (χ0) is 11.7. The summed E-state index contributed by atoms with van der Waals surface area (Å²) < 4.78 is 7.01. The van der Waals surface area contributed by atoms with E-state index in [1.54, 1.807) is 11.8 Å². The zero-order valence-electron chi connectivity index (χ0n) is 9.37. The van der Waals surface area contributed by atoms with Gasteiger partial charge in [-0.3, -0.25) is 0 Å². The highest BCUT2D eigenvalue weighted by Gasteiger charge is 2.05. The molecular weight excluding hydrogens is 214 g/mol. The maximum atomic E-state index is 5.20. The number of methoxy groups -OCH3 is 1. The highest BCUT2D eigenvalue weighted by Crippen LogP contribution is 2.19. The van der Waals surface area contributed by atoms with Crippen LogP contribution in [-0.4, -0.2) is 22.1 Å². The molecule has 0 fully saturated rings. The molecule has 0 aliphatic rings. The molecule has 0 N–H and O–H groups in total. The standard InChI is InChI=1S/C13H11N3O/c1-17-11-6-4-5-10(9-11)16-13-8-3-2-7-12(13)14-15-16/h2-9H,1H3. The third kappa shape index (κ3) is 1.63. The second-order valence-corrected chi connectivity index (χ2v) is 3.69. The highest BCUT2D eigenvalue weighted by atomic mass is 16.5. The Bertz CT molecular complexity index is 660. The summed E-state index contributed by atoms with van der Waals surface area (Å²) in [5.41, 5.74) is 2.81. The Morgan fingerprint density at radius 1 is 1.06 bits per heavy atom. The smallest absolute Gasteiger partial charge is 0.121 e. The maximum Gasteiger partial charge on any atom is 0.121 e. The first-order valence-electron chi connectivity index (χ1n) is 5.33. The van der Waals surface area contributed by atoms with E-state index in [1.807, 2.05) is 48.5 Å². The molecule has 4 nitrogen and oxygen atoms in total. The summed E-state index contributed by atoms with van der Waals surface area (Å²) in [5, 5.41) is 8.27. The van der Waals surface area contributed by atoms with Gasteiger partial charge in [0.05, 0.1) is 18.3 Å². The Kier molecular flexibility index (Phi) is 2.26. The van der Waals surface area contributed by atoms with Crippen molar-refractivity contribution < 1.29 is 4.74 Å². The van der Waals surface area contributed by atoms with Gasteiger partial charge in [0.25, 0.3) is 0 Å². The lowest BCUT2D eigenvalue weighted by Crippen LogP contribution is -1.96. The number of nitrogens with zero attached hydrogens (tertiary/aromatic N) is 3. The van der Waals surface area contributed by atoms with Gasteiger partial charge in [0.1, 0.15) is 11.3 Å². The van der Waals surface area contributed by atoms with Crippen molar-refractivity contribution in [1.82, 2.24) is 15.0 Å². The number of rotatable bonds is 2. The molecule has 1 heterocycles. The average Bonchev–Trinajstić information content (AvgIpc) is 2.82. The third-order valence-corrected chi connectivity index (χ3v) is 2.65. The van der Waals surface area contributed by atoms with Crippen molar-refractivity contribution >= 4 is 11.0 Å². The van der Waals surface area contributed by atoms with Gasteiger partial charge in [0.2, 0.25) is 0 Å². The van der Waals surface area contributed by atoms with Crippen molar-refractivity contribution in [1.29, 1.82) is 0 Å². The van der Waals surface area contributed by atoms with Crippen molar-refractivity contribution in [2.45, 2.75) is 0 Å². The fraction of sp³-hybridized carbons (Fsp3) is 0.0769. The van der Waals surface area contributed by atoms with Crippen LogP contribution >= 0.6 is 0 Å². The quantitative estimate of drug-likeness (QED) is 0.672. The summed E-state index contributed by atoms with van der Waals surface area (Å²) in [6, 6.07) is 15.6. The number of benzene rings is 2. The first-order chi connectivity index (χ1) is 8.38. The second kappa shape index (κ2) is 3.90. The van der Waals surface area contributed by atoms with Gasteiger partial charge in [-0.1, -0.05) is 23.4 Å². The predicted octanol–water partition coefficient (Wildman–Crippen LogP) is 2.43. The van der Waals surface area contributed by atoms with Gasteiger partial charge < -0.3 is 4.74 Å². The Morgan fingerprint density at radius 2 is 1.94 bits per heavy atom. The van der Waals surface area contributed by atoms with E-state index < -0.39 is 0 Å². The zero-order valence-corrected chi connectivity index (χ0v) is 9.37. The molecule has 3 rings (SSSR count).